The van der Waals surface area contributed by atoms with Crippen LogP contribution in [0, 0.1) is 0 Å². The molecule has 3 heteroatoms. The van der Waals surface area contributed by atoms with Crippen molar-refractivity contribution in [1.82, 2.24) is 4.31 Å². The van der Waals surface area contributed by atoms with Gasteiger partial charge in [0.25, 0.3) is 0 Å². The van der Waals surface area contributed by atoms with Gasteiger partial charge in [-0.1, -0.05) is 19.3 Å². The molecule has 0 atom stereocenters. The van der Waals surface area contributed by atoms with E-state index in [-0.39, 0.29) is 0 Å². The lowest BCUT2D eigenvalue weighted by Crippen LogP contribution is -2.16. The minimum atomic E-state index is 0.835. The average molecular weight is 186 g/mol. The molecule has 1 fully saturated rings. The van der Waals surface area contributed by atoms with Crippen molar-refractivity contribution in [3.63, 3.8) is 0 Å². The van der Waals surface area contributed by atoms with Gasteiger partial charge < -0.3 is 4.31 Å². The van der Waals surface area contributed by atoms with E-state index in [2.05, 4.69) is 16.3 Å². The Morgan fingerprint density at radius 1 is 1.33 bits per heavy atom. The normalized spacial score (nSPS) is 20.2. The summed E-state index contributed by atoms with van der Waals surface area (Å²) in [4.78, 5) is 3.98. The van der Waals surface area contributed by atoms with Crippen LogP contribution in [0.15, 0.2) is 4.99 Å². The van der Waals surface area contributed by atoms with Gasteiger partial charge in [0, 0.05) is 19.3 Å². The predicted octanol–water partition coefficient (Wildman–Crippen LogP) is 2.56. The Kier molecular flexibility index (Phi) is 4.51. The second-order valence-electron chi connectivity index (χ2n) is 3.29. The summed E-state index contributed by atoms with van der Waals surface area (Å²) in [5, 5.41) is 0.835. The molecule has 12 heavy (non-hydrogen) atoms. The second kappa shape index (κ2) is 5.46. The molecule has 1 rings (SSSR count). The zero-order valence-corrected chi connectivity index (χ0v) is 8.81. The van der Waals surface area contributed by atoms with E-state index in [0.717, 1.165) is 5.25 Å². The lowest BCUT2D eigenvalue weighted by atomic mass is 10.0. The van der Waals surface area contributed by atoms with E-state index in [1.165, 1.54) is 32.1 Å². The van der Waals surface area contributed by atoms with Crippen molar-refractivity contribution in [1.29, 1.82) is 0 Å². The highest BCUT2D eigenvalue weighted by atomic mass is 32.2. The molecule has 2 nitrogen and oxygen atoms in total. The minimum absolute atomic E-state index is 0.835. The van der Waals surface area contributed by atoms with Crippen molar-refractivity contribution in [2.45, 2.75) is 37.4 Å². The Morgan fingerprint density at radius 3 is 2.58 bits per heavy atom. The lowest BCUT2D eigenvalue weighted by Gasteiger charge is -2.24. The van der Waals surface area contributed by atoms with Crippen LogP contribution in [0.25, 0.3) is 0 Å². The summed E-state index contributed by atoms with van der Waals surface area (Å²) in [6.07, 6.45) is 8.91. The molecule has 0 spiro atoms. The summed E-state index contributed by atoms with van der Waals surface area (Å²) in [6, 6.07) is 0. The largest absolute Gasteiger partial charge is 0.310 e. The fourth-order valence-corrected chi connectivity index (χ4v) is 2.76. The van der Waals surface area contributed by atoms with Crippen molar-refractivity contribution in [3.05, 3.63) is 0 Å². The molecule has 0 saturated heterocycles. The van der Waals surface area contributed by atoms with Gasteiger partial charge in [-0.15, -0.1) is 0 Å². The van der Waals surface area contributed by atoms with Crippen molar-refractivity contribution >= 4 is 18.3 Å². The van der Waals surface area contributed by atoms with Gasteiger partial charge in [0.1, 0.15) is 0 Å². The highest BCUT2D eigenvalue weighted by Crippen LogP contribution is 2.28. The first-order chi connectivity index (χ1) is 5.83. The molecule has 0 bridgehead atoms. The maximum Gasteiger partial charge on any atom is 0.0943 e. The van der Waals surface area contributed by atoms with E-state index in [1.807, 2.05) is 25.3 Å². The monoisotopic (exact) mass is 186 g/mol. The van der Waals surface area contributed by atoms with Crippen LogP contribution in [0.5, 0.6) is 0 Å². The van der Waals surface area contributed by atoms with E-state index < -0.39 is 0 Å². The molecule has 0 heterocycles. The van der Waals surface area contributed by atoms with Crippen LogP contribution in [0.1, 0.15) is 32.1 Å². The third-order valence-corrected chi connectivity index (χ3v) is 3.34. The first-order valence-electron chi connectivity index (χ1n) is 4.65. The number of nitrogens with zero attached hydrogens (tertiary/aromatic N) is 2. The molecule has 0 aromatic carbocycles. The van der Waals surface area contributed by atoms with Gasteiger partial charge in [0.2, 0.25) is 0 Å². The zero-order valence-electron chi connectivity index (χ0n) is 7.99. The van der Waals surface area contributed by atoms with Gasteiger partial charge in [0.15, 0.2) is 0 Å². The van der Waals surface area contributed by atoms with Crippen LogP contribution in [0.3, 0.4) is 0 Å². The maximum atomic E-state index is 3.98. The zero-order chi connectivity index (χ0) is 8.81. The summed E-state index contributed by atoms with van der Waals surface area (Å²) in [6.45, 7) is 0. The molecule has 1 saturated carbocycles. The fourth-order valence-electron chi connectivity index (χ4n) is 1.60. The molecule has 0 N–H and O–H groups in total. The van der Waals surface area contributed by atoms with E-state index in [9.17, 15) is 0 Å². The first-order valence-corrected chi connectivity index (χ1v) is 5.48. The molecular formula is C9H18N2S. The van der Waals surface area contributed by atoms with E-state index in [1.54, 1.807) is 0 Å². The van der Waals surface area contributed by atoms with Crippen molar-refractivity contribution < 1.29 is 0 Å². The number of hydrogen-bond acceptors (Lipinski definition) is 2. The van der Waals surface area contributed by atoms with Crippen LogP contribution < -0.4 is 0 Å². The average Bonchev–Trinajstić information content (AvgIpc) is 2.06. The van der Waals surface area contributed by atoms with Gasteiger partial charge in [0.05, 0.1) is 6.34 Å². The molecule has 1 aliphatic carbocycles. The van der Waals surface area contributed by atoms with Gasteiger partial charge >= 0.3 is 0 Å². The standard InChI is InChI=1S/C9H18N2S/c1-10-8-11(2)12-9-6-4-3-5-7-9/h8-9H,3-7H2,1-2H3. The molecular weight excluding hydrogens is 168 g/mol. The number of hydrogen-bond donors (Lipinski definition) is 0. The Hall–Kier alpha value is -0.180. The molecule has 0 aliphatic heterocycles. The highest BCUT2D eigenvalue weighted by molar-refractivity contribution is 7.98. The Bertz CT molecular complexity index is 141. The quantitative estimate of drug-likeness (QED) is 0.382. The van der Waals surface area contributed by atoms with Gasteiger partial charge in [-0.3, -0.25) is 4.99 Å². The molecule has 0 aromatic rings. The van der Waals surface area contributed by atoms with Crippen molar-refractivity contribution in [2.24, 2.45) is 4.99 Å². The maximum absolute atomic E-state index is 3.98. The third-order valence-electron chi connectivity index (χ3n) is 2.15. The topological polar surface area (TPSA) is 15.6 Å². The lowest BCUT2D eigenvalue weighted by molar-refractivity contribution is 0.512. The Balaban J connectivity index is 2.19. The summed E-state index contributed by atoms with van der Waals surface area (Å²) in [5.41, 5.74) is 0. The molecule has 0 unspecified atom stereocenters. The first kappa shape index (κ1) is 9.90. The van der Waals surface area contributed by atoms with Gasteiger partial charge in [-0.2, -0.15) is 0 Å². The summed E-state index contributed by atoms with van der Waals surface area (Å²) in [7, 11) is 3.89. The second-order valence-corrected chi connectivity index (χ2v) is 4.74. The van der Waals surface area contributed by atoms with Crippen molar-refractivity contribution in [2.75, 3.05) is 14.1 Å². The number of rotatable bonds is 3. The molecule has 70 valence electrons. The predicted molar refractivity (Wildman–Crippen MR) is 56.6 cm³/mol. The summed E-state index contributed by atoms with van der Waals surface area (Å²) >= 11 is 1.93. The van der Waals surface area contributed by atoms with Crippen LogP contribution >= 0.6 is 11.9 Å². The smallest absolute Gasteiger partial charge is 0.0943 e. The summed E-state index contributed by atoms with van der Waals surface area (Å²) < 4.78 is 2.12. The van der Waals surface area contributed by atoms with E-state index in [4.69, 9.17) is 0 Å². The highest BCUT2D eigenvalue weighted by Gasteiger charge is 2.14. The molecule has 1 aliphatic rings. The third kappa shape index (κ3) is 3.48. The van der Waals surface area contributed by atoms with Crippen LogP contribution in [-0.2, 0) is 0 Å². The minimum Gasteiger partial charge on any atom is -0.310 e. The SMILES string of the molecule is CN=CN(C)SC1CCCCC1. The van der Waals surface area contributed by atoms with Gasteiger partial charge in [-0.25, -0.2) is 0 Å². The Labute approximate surface area is 79.6 Å². The molecule has 0 radical (unpaired) electrons. The molecule has 0 amide bonds. The number of aliphatic imine (C=N–C) groups is 1. The van der Waals surface area contributed by atoms with Crippen LogP contribution in [0.2, 0.25) is 0 Å². The summed E-state index contributed by atoms with van der Waals surface area (Å²) in [5.74, 6) is 0. The molecule has 0 aromatic heterocycles. The Morgan fingerprint density at radius 2 is 2.00 bits per heavy atom. The van der Waals surface area contributed by atoms with Crippen molar-refractivity contribution in [3.8, 4) is 0 Å². The van der Waals surface area contributed by atoms with E-state index in [0.29, 0.717) is 0 Å². The fraction of sp³-hybridized carbons (Fsp3) is 0.889. The van der Waals surface area contributed by atoms with Gasteiger partial charge in [-0.05, 0) is 24.8 Å². The van der Waals surface area contributed by atoms with Crippen LogP contribution in [0.4, 0.5) is 0 Å². The van der Waals surface area contributed by atoms with Crippen LogP contribution in [-0.4, -0.2) is 30.0 Å². The van der Waals surface area contributed by atoms with E-state index >= 15 is 0 Å².